The average molecular weight is 1270 g/mol. The Morgan fingerprint density at radius 1 is 0.630 bits per heavy atom. The van der Waals surface area contributed by atoms with Crippen LogP contribution in [0.3, 0.4) is 0 Å². The topological polar surface area (TPSA) is 227 Å². The summed E-state index contributed by atoms with van der Waals surface area (Å²) < 4.78 is 6.18. The van der Waals surface area contributed by atoms with Crippen molar-refractivity contribution < 1.29 is 53.0 Å². The summed E-state index contributed by atoms with van der Waals surface area (Å²) in [6.07, 6.45) is 3.70. The Kier molecular flexibility index (Phi) is 26.3. The van der Waals surface area contributed by atoms with Crippen LogP contribution in [0, 0.1) is 47.3 Å². The normalized spacial score (nSPS) is 25.8. The molecule has 1 aromatic heterocycles. The quantitative estimate of drug-likeness (QED) is 0.136. The molecule has 3 fully saturated rings. The van der Waals surface area contributed by atoms with Crippen molar-refractivity contribution in [3.63, 3.8) is 0 Å². The fourth-order valence-electron chi connectivity index (χ4n) is 14.0. The smallest absolute Gasteiger partial charge is 0.332 e. The van der Waals surface area contributed by atoms with Gasteiger partial charge in [-0.2, -0.15) is 0 Å². The molecule has 3 aromatic rings. The predicted octanol–water partition coefficient (Wildman–Crippen LogP) is 8.85. The highest BCUT2D eigenvalue weighted by molar-refractivity contribution is 5.99. The summed E-state index contributed by atoms with van der Waals surface area (Å²) in [4.78, 5) is 151. The lowest BCUT2D eigenvalue weighted by molar-refractivity contribution is -0.178. The highest BCUT2D eigenvalue weighted by Gasteiger charge is 2.48. The van der Waals surface area contributed by atoms with Gasteiger partial charge in [0, 0.05) is 97.5 Å². The Balaban J connectivity index is 1.52. The minimum absolute atomic E-state index is 0.0129. The number of hydrogen-bond acceptors (Lipinski definition) is 13. The number of amides is 6. The van der Waals surface area contributed by atoms with Gasteiger partial charge < -0.3 is 44.6 Å². The Morgan fingerprint density at radius 2 is 1.24 bits per heavy atom. The number of rotatable bonds is 15. The molecule has 3 aliphatic heterocycles. The number of pyridine rings is 1. The third kappa shape index (κ3) is 18.2. The van der Waals surface area contributed by atoms with Crippen LogP contribution in [0.4, 0.5) is 5.82 Å². The summed E-state index contributed by atoms with van der Waals surface area (Å²) in [5.41, 5.74) is 1.26. The maximum Gasteiger partial charge on any atom is 0.332 e. The van der Waals surface area contributed by atoms with E-state index in [4.69, 9.17) is 9.72 Å². The molecular weight excluding hydrogens is 1160 g/mol. The molecule has 0 saturated carbocycles. The van der Waals surface area contributed by atoms with Crippen molar-refractivity contribution in [1.82, 2.24) is 34.8 Å². The molecule has 19 heteroatoms. The van der Waals surface area contributed by atoms with Crippen molar-refractivity contribution in [2.75, 3.05) is 52.7 Å². The number of ether oxygens (including phenoxy) is 1. The number of nitrogens with one attached hydrogen (secondary N) is 1. The zero-order valence-corrected chi connectivity index (χ0v) is 58.1. The van der Waals surface area contributed by atoms with E-state index in [1.165, 1.54) is 49.7 Å². The largest absolute Gasteiger partial charge is 0.450 e. The number of piperidine rings is 1. The number of nitrogens with zero attached hydrogens (tertiary/aromatic N) is 7. The summed E-state index contributed by atoms with van der Waals surface area (Å²) >= 11 is 0. The number of Topliss-reactive ketones (excluding diaryl/α,β-unsaturated/α-hetero) is 2. The number of likely N-dealkylation sites (N-methyl/N-ethyl adjacent to an activating group) is 4. The lowest BCUT2D eigenvalue weighted by Crippen LogP contribution is -2.61. The molecule has 92 heavy (non-hydrogen) atoms. The summed E-state index contributed by atoms with van der Waals surface area (Å²) in [6, 6.07) is 13.5. The molecule has 19 nitrogen and oxygen atoms in total. The number of esters is 1. The number of fused-ring (bicyclic) bond motifs is 1. The van der Waals surface area contributed by atoms with E-state index in [1.807, 2.05) is 109 Å². The molecule has 2 aromatic carbocycles. The zero-order chi connectivity index (χ0) is 68.2. The van der Waals surface area contributed by atoms with Crippen molar-refractivity contribution in [3.05, 3.63) is 84.1 Å². The monoisotopic (exact) mass is 1270 g/mol. The first kappa shape index (κ1) is 74.0. The Labute approximate surface area is 548 Å². The van der Waals surface area contributed by atoms with Crippen LogP contribution in [0.15, 0.2) is 72.9 Å². The second-order valence-corrected chi connectivity index (χ2v) is 28.6. The average Bonchev–Trinajstić information content (AvgIpc) is 1.17. The van der Waals surface area contributed by atoms with Crippen LogP contribution in [0.25, 0.3) is 11.1 Å². The van der Waals surface area contributed by atoms with Gasteiger partial charge in [0.05, 0.1) is 17.7 Å². The first-order valence-electron chi connectivity index (χ1n) is 33.8. The summed E-state index contributed by atoms with van der Waals surface area (Å²) in [7, 11) is 5.88. The van der Waals surface area contributed by atoms with Crippen LogP contribution in [-0.2, 0) is 60.7 Å². The molecule has 0 bridgehead atoms. The van der Waals surface area contributed by atoms with Gasteiger partial charge >= 0.3 is 5.97 Å². The van der Waals surface area contributed by atoms with Crippen molar-refractivity contribution in [1.29, 1.82) is 0 Å². The van der Waals surface area contributed by atoms with E-state index in [2.05, 4.69) is 23.2 Å². The molecule has 4 heterocycles. The van der Waals surface area contributed by atoms with Crippen molar-refractivity contribution >= 4 is 58.8 Å². The Bertz CT molecular complexity index is 3050. The number of cyclic esters (lactones) is 1. The molecule has 3 saturated heterocycles. The fraction of sp³-hybridized carbons (Fsp3) is 0.644. The van der Waals surface area contributed by atoms with Gasteiger partial charge in [0.2, 0.25) is 29.5 Å². The molecule has 11 atom stereocenters. The lowest BCUT2D eigenvalue weighted by atomic mass is 9.82. The molecule has 5 unspecified atom stereocenters. The van der Waals surface area contributed by atoms with Crippen LogP contribution >= 0.6 is 0 Å². The van der Waals surface area contributed by atoms with Crippen molar-refractivity contribution in [3.8, 4) is 11.1 Å². The van der Waals surface area contributed by atoms with Gasteiger partial charge in [-0.15, -0.1) is 0 Å². The minimum atomic E-state index is -1.95. The molecule has 3 aliphatic rings. The van der Waals surface area contributed by atoms with Gasteiger partial charge in [-0.25, -0.2) is 9.78 Å². The van der Waals surface area contributed by atoms with E-state index in [1.54, 1.807) is 38.9 Å². The van der Waals surface area contributed by atoms with Crippen LogP contribution in [0.5, 0.6) is 0 Å². The first-order valence-corrected chi connectivity index (χ1v) is 33.8. The lowest BCUT2D eigenvalue weighted by Gasteiger charge is -2.39. The Morgan fingerprint density at radius 3 is 1.84 bits per heavy atom. The van der Waals surface area contributed by atoms with Crippen LogP contribution in [0.2, 0.25) is 0 Å². The molecule has 6 amide bonds. The van der Waals surface area contributed by atoms with Crippen LogP contribution in [-0.4, -0.2) is 183 Å². The summed E-state index contributed by atoms with van der Waals surface area (Å²) in [6.45, 7) is 25.2. The molecule has 2 N–H and O–H groups in total. The van der Waals surface area contributed by atoms with Crippen LogP contribution < -0.4 is 10.2 Å². The highest BCUT2D eigenvalue weighted by Crippen LogP contribution is 2.34. The maximum absolute atomic E-state index is 15.9. The van der Waals surface area contributed by atoms with Crippen molar-refractivity contribution in [2.45, 2.75) is 209 Å². The fourth-order valence-corrected chi connectivity index (χ4v) is 14.0. The minimum Gasteiger partial charge on any atom is -0.450 e. The molecule has 0 radical (unpaired) electrons. The van der Waals surface area contributed by atoms with Gasteiger partial charge in [-0.05, 0) is 116 Å². The molecule has 0 aliphatic carbocycles. The maximum atomic E-state index is 15.9. The van der Waals surface area contributed by atoms with Gasteiger partial charge in [-0.3, -0.25) is 38.4 Å². The summed E-state index contributed by atoms with van der Waals surface area (Å²) in [5, 5.41) is 14.8. The third-order valence-electron chi connectivity index (χ3n) is 19.7. The second kappa shape index (κ2) is 32.7. The molecule has 0 spiro atoms. The number of carbonyl (C=O) groups excluding carboxylic acids is 9. The number of benzene rings is 2. The molecular formula is C73H108N8O11. The van der Waals surface area contributed by atoms with E-state index in [-0.39, 0.29) is 56.3 Å². The van der Waals surface area contributed by atoms with Crippen LogP contribution in [0.1, 0.15) is 159 Å². The second-order valence-electron chi connectivity index (χ2n) is 28.6. The zero-order valence-electron chi connectivity index (χ0n) is 58.1. The number of carbonyl (C=O) groups is 9. The number of hydrogen-bond donors (Lipinski definition) is 2. The standard InChI is InChI=1S/C73H108N8O11/c1-18-48(10)55-43-59(82)57-29-24-34-81(57)70(88)58(40-51-27-23-28-52(38-51)53-30-33-74-61(42-53)80-35-31-47(9)32-36-80)76(14)69(87)56(39-50-25-21-20-22-26-50)75-66(84)63(46(7)8)78(16)71(89)64(49(11)19-2)92-72(90)65(73(12,13)91)79(17)67(85)54(37-44(3)4)41-60(83)62(45(5)6)77(15)68(55)86/h20-23,25-28,30,33,38,42,44-49,54-58,62-65,91H,18-19,24,29,31-32,34-37,39-41,43H2,1-17H3,(H,75,84)/t48?,49?,54-,55+,56?,57?,58?,62+,63+,64-,65-/m1/s1. The number of ketones is 2. The number of anilines is 1. The Hall–Kier alpha value is -7.02. The van der Waals surface area contributed by atoms with Gasteiger partial charge in [0.25, 0.3) is 5.91 Å². The van der Waals surface area contributed by atoms with E-state index in [0.29, 0.717) is 37.2 Å². The number of aromatic nitrogens is 1. The molecule has 6 rings (SSSR count). The highest BCUT2D eigenvalue weighted by atomic mass is 16.6. The number of aliphatic hydroxyl groups is 1. The third-order valence-corrected chi connectivity index (χ3v) is 19.7. The van der Waals surface area contributed by atoms with Gasteiger partial charge in [-0.1, -0.05) is 137 Å². The van der Waals surface area contributed by atoms with E-state index >= 15 is 28.8 Å². The van der Waals surface area contributed by atoms with E-state index in [0.717, 1.165) is 53.3 Å². The van der Waals surface area contributed by atoms with Gasteiger partial charge in [0.15, 0.2) is 23.7 Å². The van der Waals surface area contributed by atoms with Gasteiger partial charge in [0.1, 0.15) is 23.9 Å². The first-order chi connectivity index (χ1) is 43.3. The van der Waals surface area contributed by atoms with E-state index < -0.39 is 125 Å². The predicted molar refractivity (Wildman–Crippen MR) is 357 cm³/mol. The molecule has 506 valence electrons. The summed E-state index contributed by atoms with van der Waals surface area (Å²) in [5.74, 6) is -7.96. The van der Waals surface area contributed by atoms with Crippen molar-refractivity contribution in [2.24, 2.45) is 47.3 Å². The van der Waals surface area contributed by atoms with E-state index in [9.17, 15) is 19.5 Å². The SMILES string of the molecule is CCC(C)[C@@H]1CC(=O)C2CCCN2C(=O)C(Cc2cccc(-c3ccnc(N4CCC(C)CC4)c3)c2)N(C)C(=O)C(Cc2ccccc2)NC(=O)[C@H](C(C)C)N(C)C(=O)[C@@H](C(C)CC)OC(=O)[C@H](C(C)(C)O)N(C)C(=O)[C@H](CC(C)C)CC(=O)[C@H](C(C)C)N(C)C1=O.